The zero-order chi connectivity index (χ0) is 23.4. The lowest BCUT2D eigenvalue weighted by Crippen LogP contribution is -2.32. The molecule has 9 heteroatoms. The molecule has 1 atom stereocenters. The Labute approximate surface area is 199 Å². The fraction of sp³-hybridized carbons (Fsp3) is 0.458. The third kappa shape index (κ3) is 5.47. The first-order valence-electron chi connectivity index (χ1n) is 11.3. The van der Waals surface area contributed by atoms with E-state index in [9.17, 15) is 13.2 Å². The predicted molar refractivity (Wildman–Crippen MR) is 129 cm³/mol. The number of nitrogens with one attached hydrogen (secondary N) is 1. The minimum absolute atomic E-state index is 0.0860. The van der Waals surface area contributed by atoms with Gasteiger partial charge in [-0.25, -0.2) is 13.1 Å². The van der Waals surface area contributed by atoms with Gasteiger partial charge in [-0.2, -0.15) is 0 Å². The number of benzene rings is 2. The number of carbonyl (C=O) groups excluding carboxylic acids is 1. The van der Waals surface area contributed by atoms with Gasteiger partial charge in [0, 0.05) is 24.0 Å². The molecular formula is C24H30N2O5S2. The van der Waals surface area contributed by atoms with Gasteiger partial charge in [-0.1, -0.05) is 18.9 Å². The molecule has 1 saturated heterocycles. The number of carbonyl (C=O) groups is 1. The molecule has 2 aromatic rings. The van der Waals surface area contributed by atoms with Gasteiger partial charge in [-0.05, 0) is 61.9 Å². The number of sulfonamides is 1. The second-order valence-corrected chi connectivity index (χ2v) is 10.9. The lowest BCUT2D eigenvalue weighted by Gasteiger charge is -2.22. The summed E-state index contributed by atoms with van der Waals surface area (Å²) in [6, 6.07) is 9.72. The van der Waals surface area contributed by atoms with Crippen LogP contribution in [0.15, 0.2) is 46.2 Å². The zero-order valence-corrected chi connectivity index (χ0v) is 20.6. The van der Waals surface area contributed by atoms with Crippen LogP contribution in [0.3, 0.4) is 0 Å². The van der Waals surface area contributed by atoms with E-state index in [0.717, 1.165) is 36.1 Å². The maximum atomic E-state index is 13.3. The first kappa shape index (κ1) is 23.9. The fourth-order valence-corrected chi connectivity index (χ4v) is 5.99. The van der Waals surface area contributed by atoms with Crippen molar-refractivity contribution in [3.05, 3.63) is 47.5 Å². The third-order valence-electron chi connectivity index (χ3n) is 6.00. The van der Waals surface area contributed by atoms with E-state index in [1.54, 1.807) is 31.2 Å². The SMILES string of the molecule is CSc1ccc(S(=O)(=O)NC(C)c2ccc3c(c2)OCCO3)cc1C(=O)N1CCCCCC1. The van der Waals surface area contributed by atoms with Crippen LogP contribution in [0.1, 0.15) is 54.6 Å². The lowest BCUT2D eigenvalue weighted by atomic mass is 10.1. The van der Waals surface area contributed by atoms with Crippen molar-refractivity contribution in [1.82, 2.24) is 9.62 Å². The summed E-state index contributed by atoms with van der Waals surface area (Å²) in [6.07, 6.45) is 6.09. The van der Waals surface area contributed by atoms with E-state index in [0.29, 0.717) is 43.4 Å². The van der Waals surface area contributed by atoms with Crippen LogP contribution in [-0.4, -0.2) is 51.8 Å². The zero-order valence-electron chi connectivity index (χ0n) is 19.0. The number of likely N-dealkylation sites (tertiary alicyclic amines) is 1. The van der Waals surface area contributed by atoms with E-state index in [-0.39, 0.29) is 10.8 Å². The minimum atomic E-state index is -3.85. The van der Waals surface area contributed by atoms with Gasteiger partial charge < -0.3 is 14.4 Å². The number of rotatable bonds is 6. The topological polar surface area (TPSA) is 84.9 Å². The van der Waals surface area contributed by atoms with Gasteiger partial charge in [0.2, 0.25) is 10.0 Å². The highest BCUT2D eigenvalue weighted by atomic mass is 32.2. The van der Waals surface area contributed by atoms with Crippen molar-refractivity contribution in [2.75, 3.05) is 32.6 Å². The number of hydrogen-bond acceptors (Lipinski definition) is 6. The highest BCUT2D eigenvalue weighted by Gasteiger charge is 2.25. The quantitative estimate of drug-likeness (QED) is 0.610. The molecule has 4 rings (SSSR count). The van der Waals surface area contributed by atoms with Crippen LogP contribution in [0.2, 0.25) is 0 Å². The molecule has 0 radical (unpaired) electrons. The Balaban J connectivity index is 1.57. The van der Waals surface area contributed by atoms with Gasteiger partial charge in [0.15, 0.2) is 11.5 Å². The van der Waals surface area contributed by atoms with Gasteiger partial charge in [0.1, 0.15) is 13.2 Å². The van der Waals surface area contributed by atoms with Gasteiger partial charge in [-0.3, -0.25) is 4.79 Å². The molecule has 0 aliphatic carbocycles. The van der Waals surface area contributed by atoms with Gasteiger partial charge in [-0.15, -0.1) is 11.8 Å². The summed E-state index contributed by atoms with van der Waals surface area (Å²) in [6.45, 7) is 4.17. The normalized spacial score (nSPS) is 17.3. The van der Waals surface area contributed by atoms with Crippen molar-refractivity contribution in [2.24, 2.45) is 0 Å². The number of thioether (sulfide) groups is 1. The van der Waals surface area contributed by atoms with E-state index < -0.39 is 16.1 Å². The molecule has 0 bridgehead atoms. The standard InChI is InChI=1S/C24H30N2O5S2/c1-17(18-7-9-21-22(15-18)31-14-13-30-21)25-33(28,29)19-8-10-23(32-2)20(16-19)24(27)26-11-5-3-4-6-12-26/h7-10,15-17,25H,3-6,11-14H2,1-2H3. The first-order valence-corrected chi connectivity index (χ1v) is 14.0. The van der Waals surface area contributed by atoms with E-state index >= 15 is 0 Å². The summed E-state index contributed by atoms with van der Waals surface area (Å²) >= 11 is 1.45. The molecule has 0 aromatic heterocycles. The maximum absolute atomic E-state index is 13.3. The molecule has 2 aliphatic rings. The summed E-state index contributed by atoms with van der Waals surface area (Å²) in [7, 11) is -3.85. The summed E-state index contributed by atoms with van der Waals surface area (Å²) in [5, 5.41) is 0. The van der Waals surface area contributed by atoms with E-state index in [1.807, 2.05) is 17.2 Å². The van der Waals surface area contributed by atoms with Crippen LogP contribution in [0.25, 0.3) is 0 Å². The Morgan fingerprint density at radius 3 is 2.39 bits per heavy atom. The number of ether oxygens (including phenoxy) is 2. The number of amides is 1. The van der Waals surface area contributed by atoms with Gasteiger partial charge in [0.05, 0.1) is 10.5 Å². The van der Waals surface area contributed by atoms with Crippen molar-refractivity contribution in [2.45, 2.75) is 48.4 Å². The number of hydrogen-bond donors (Lipinski definition) is 1. The molecule has 0 saturated carbocycles. The van der Waals surface area contributed by atoms with Crippen LogP contribution in [-0.2, 0) is 10.0 Å². The molecule has 1 N–H and O–H groups in total. The average molecular weight is 491 g/mol. The van der Waals surface area contributed by atoms with Crippen molar-refractivity contribution in [3.8, 4) is 11.5 Å². The fourth-order valence-electron chi connectivity index (χ4n) is 4.16. The highest BCUT2D eigenvalue weighted by Crippen LogP contribution is 2.33. The van der Waals surface area contributed by atoms with Crippen molar-refractivity contribution in [3.63, 3.8) is 0 Å². The predicted octanol–water partition coefficient (Wildman–Crippen LogP) is 4.24. The Morgan fingerprint density at radius 1 is 1.00 bits per heavy atom. The molecule has 2 aliphatic heterocycles. The molecule has 1 unspecified atom stereocenters. The Kier molecular flexibility index (Phi) is 7.51. The van der Waals surface area contributed by atoms with E-state index in [4.69, 9.17) is 9.47 Å². The maximum Gasteiger partial charge on any atom is 0.255 e. The van der Waals surface area contributed by atoms with Crippen molar-refractivity contribution in [1.29, 1.82) is 0 Å². The summed E-state index contributed by atoms with van der Waals surface area (Å²) in [4.78, 5) is 16.0. The average Bonchev–Trinajstić information content (AvgIpc) is 3.12. The summed E-state index contributed by atoms with van der Waals surface area (Å²) in [5.41, 5.74) is 1.21. The van der Waals surface area contributed by atoms with Gasteiger partial charge >= 0.3 is 0 Å². The van der Waals surface area contributed by atoms with Crippen molar-refractivity contribution < 1.29 is 22.7 Å². The second kappa shape index (κ2) is 10.4. The van der Waals surface area contributed by atoms with Crippen LogP contribution < -0.4 is 14.2 Å². The minimum Gasteiger partial charge on any atom is -0.486 e. The first-order chi connectivity index (χ1) is 15.9. The lowest BCUT2D eigenvalue weighted by molar-refractivity contribution is 0.0758. The van der Waals surface area contributed by atoms with Crippen LogP contribution in [0, 0.1) is 0 Å². The Bertz CT molecular complexity index is 1110. The molecule has 178 valence electrons. The largest absolute Gasteiger partial charge is 0.486 e. The monoisotopic (exact) mass is 490 g/mol. The molecule has 2 heterocycles. The van der Waals surface area contributed by atoms with Crippen LogP contribution in [0.4, 0.5) is 0 Å². The Morgan fingerprint density at radius 2 is 1.70 bits per heavy atom. The van der Waals surface area contributed by atoms with Crippen LogP contribution in [0.5, 0.6) is 11.5 Å². The van der Waals surface area contributed by atoms with Crippen LogP contribution >= 0.6 is 11.8 Å². The molecule has 2 aromatic carbocycles. The second-order valence-electron chi connectivity index (χ2n) is 8.31. The molecule has 7 nitrogen and oxygen atoms in total. The number of nitrogens with zero attached hydrogens (tertiary/aromatic N) is 1. The Hall–Kier alpha value is -2.23. The molecule has 0 spiro atoms. The molecule has 1 amide bonds. The van der Waals surface area contributed by atoms with E-state index in [1.165, 1.54) is 17.8 Å². The smallest absolute Gasteiger partial charge is 0.255 e. The molecular weight excluding hydrogens is 460 g/mol. The van der Waals surface area contributed by atoms with E-state index in [2.05, 4.69) is 4.72 Å². The summed E-state index contributed by atoms with van der Waals surface area (Å²) in [5.74, 6) is 1.17. The highest BCUT2D eigenvalue weighted by molar-refractivity contribution is 7.98. The molecule has 33 heavy (non-hydrogen) atoms. The van der Waals surface area contributed by atoms with Gasteiger partial charge in [0.25, 0.3) is 5.91 Å². The van der Waals surface area contributed by atoms with Crippen molar-refractivity contribution >= 4 is 27.7 Å². The molecule has 1 fully saturated rings. The third-order valence-corrected chi connectivity index (χ3v) is 8.34. The summed E-state index contributed by atoms with van der Waals surface area (Å²) < 4.78 is 40.3. The number of fused-ring (bicyclic) bond motifs is 1.